The molecular weight excluding hydrogens is 241 g/mol. The van der Waals surface area contributed by atoms with Crippen molar-refractivity contribution in [3.05, 3.63) is 58.4 Å². The Labute approximate surface area is 113 Å². The number of ether oxygens (including phenoxy) is 1. The van der Waals surface area contributed by atoms with Crippen molar-refractivity contribution in [2.45, 2.75) is 27.4 Å². The van der Waals surface area contributed by atoms with Gasteiger partial charge in [-0.2, -0.15) is 0 Å². The van der Waals surface area contributed by atoms with Crippen LogP contribution in [0.4, 0.5) is 10.1 Å². The molecule has 2 nitrogen and oxygen atoms in total. The SMILES string of the molecule is Cc1cc(OCc2ccccc2N)c(C)c(F)c1C. The Morgan fingerprint density at radius 2 is 1.79 bits per heavy atom. The van der Waals surface area contributed by atoms with Gasteiger partial charge >= 0.3 is 0 Å². The van der Waals surface area contributed by atoms with Gasteiger partial charge in [0.1, 0.15) is 18.2 Å². The Morgan fingerprint density at radius 3 is 2.47 bits per heavy atom. The molecule has 19 heavy (non-hydrogen) atoms. The minimum Gasteiger partial charge on any atom is -0.488 e. The quantitative estimate of drug-likeness (QED) is 0.848. The number of halogens is 1. The Morgan fingerprint density at radius 1 is 1.11 bits per heavy atom. The van der Waals surface area contributed by atoms with E-state index in [1.54, 1.807) is 13.8 Å². The molecule has 0 spiro atoms. The first-order valence-electron chi connectivity index (χ1n) is 6.23. The van der Waals surface area contributed by atoms with Crippen molar-refractivity contribution >= 4 is 5.69 Å². The highest BCUT2D eigenvalue weighted by atomic mass is 19.1. The van der Waals surface area contributed by atoms with E-state index in [4.69, 9.17) is 10.5 Å². The smallest absolute Gasteiger partial charge is 0.132 e. The molecule has 0 radical (unpaired) electrons. The molecule has 0 heterocycles. The Hall–Kier alpha value is -2.03. The van der Waals surface area contributed by atoms with Crippen LogP contribution in [0, 0.1) is 26.6 Å². The molecule has 0 atom stereocenters. The maximum absolute atomic E-state index is 14.0. The molecule has 2 aromatic rings. The zero-order chi connectivity index (χ0) is 14.0. The van der Waals surface area contributed by atoms with Crippen LogP contribution in [-0.4, -0.2) is 0 Å². The molecule has 0 unspecified atom stereocenters. The molecule has 0 amide bonds. The Bertz CT molecular complexity index is 608. The van der Waals surface area contributed by atoms with Gasteiger partial charge in [-0.1, -0.05) is 18.2 Å². The standard InChI is InChI=1S/C16H18FNO/c1-10-8-15(12(3)16(17)11(10)2)19-9-13-6-4-5-7-14(13)18/h4-8H,9,18H2,1-3H3. The zero-order valence-electron chi connectivity index (χ0n) is 11.5. The van der Waals surface area contributed by atoms with Crippen molar-refractivity contribution in [3.63, 3.8) is 0 Å². The third-order valence-electron chi connectivity index (χ3n) is 3.41. The monoisotopic (exact) mass is 259 g/mol. The van der Waals surface area contributed by atoms with Gasteiger partial charge in [-0.3, -0.25) is 0 Å². The molecule has 0 aromatic heterocycles. The predicted octanol–water partition coefficient (Wildman–Crippen LogP) is 3.91. The molecule has 0 aliphatic carbocycles. The highest BCUT2D eigenvalue weighted by Crippen LogP contribution is 2.27. The summed E-state index contributed by atoms with van der Waals surface area (Å²) < 4.78 is 19.7. The summed E-state index contributed by atoms with van der Waals surface area (Å²) in [7, 11) is 0. The Kier molecular flexibility index (Phi) is 3.74. The molecular formula is C16H18FNO. The van der Waals surface area contributed by atoms with Crippen LogP contribution < -0.4 is 10.5 Å². The summed E-state index contributed by atoms with van der Waals surface area (Å²) >= 11 is 0. The van der Waals surface area contributed by atoms with Gasteiger partial charge in [-0.15, -0.1) is 0 Å². The van der Waals surface area contributed by atoms with Crippen LogP contribution in [0.5, 0.6) is 5.75 Å². The van der Waals surface area contributed by atoms with Crippen LogP contribution in [0.15, 0.2) is 30.3 Å². The van der Waals surface area contributed by atoms with Crippen LogP contribution in [0.1, 0.15) is 22.3 Å². The largest absolute Gasteiger partial charge is 0.488 e. The van der Waals surface area contributed by atoms with Crippen molar-refractivity contribution in [2.75, 3.05) is 5.73 Å². The molecule has 0 aliphatic heterocycles. The lowest BCUT2D eigenvalue weighted by Gasteiger charge is -2.14. The normalized spacial score (nSPS) is 10.5. The van der Waals surface area contributed by atoms with Crippen molar-refractivity contribution in [3.8, 4) is 5.75 Å². The Balaban J connectivity index is 2.23. The summed E-state index contributed by atoms with van der Waals surface area (Å²) in [4.78, 5) is 0. The fourth-order valence-corrected chi connectivity index (χ4v) is 1.95. The van der Waals surface area contributed by atoms with Gasteiger partial charge in [0.2, 0.25) is 0 Å². The molecule has 100 valence electrons. The second kappa shape index (κ2) is 5.31. The third-order valence-corrected chi connectivity index (χ3v) is 3.41. The van der Waals surface area contributed by atoms with E-state index in [9.17, 15) is 4.39 Å². The number of anilines is 1. The number of nitrogen functional groups attached to an aromatic ring is 1. The lowest BCUT2D eigenvalue weighted by Crippen LogP contribution is -2.03. The van der Waals surface area contributed by atoms with E-state index in [1.165, 1.54) is 0 Å². The van der Waals surface area contributed by atoms with E-state index in [-0.39, 0.29) is 5.82 Å². The van der Waals surface area contributed by atoms with Gasteiger partial charge in [0.05, 0.1) is 0 Å². The van der Waals surface area contributed by atoms with E-state index >= 15 is 0 Å². The summed E-state index contributed by atoms with van der Waals surface area (Å²) in [5.74, 6) is 0.375. The van der Waals surface area contributed by atoms with Crippen molar-refractivity contribution < 1.29 is 9.13 Å². The molecule has 0 saturated heterocycles. The van der Waals surface area contributed by atoms with Crippen LogP contribution >= 0.6 is 0 Å². The van der Waals surface area contributed by atoms with Gasteiger partial charge in [0.15, 0.2) is 0 Å². The lowest BCUT2D eigenvalue weighted by molar-refractivity contribution is 0.302. The maximum Gasteiger partial charge on any atom is 0.132 e. The zero-order valence-corrected chi connectivity index (χ0v) is 11.5. The van der Waals surface area contributed by atoms with Gasteiger partial charge in [0, 0.05) is 16.8 Å². The molecule has 2 rings (SSSR count). The summed E-state index contributed by atoms with van der Waals surface area (Å²) in [5.41, 5.74) is 9.54. The summed E-state index contributed by atoms with van der Waals surface area (Å²) in [5, 5.41) is 0. The van der Waals surface area contributed by atoms with Crippen LogP contribution in [-0.2, 0) is 6.61 Å². The predicted molar refractivity (Wildman–Crippen MR) is 75.8 cm³/mol. The van der Waals surface area contributed by atoms with Crippen LogP contribution in [0.2, 0.25) is 0 Å². The lowest BCUT2D eigenvalue weighted by atomic mass is 10.0. The summed E-state index contributed by atoms with van der Waals surface area (Å²) in [6, 6.07) is 9.38. The highest BCUT2D eigenvalue weighted by Gasteiger charge is 2.11. The average Bonchev–Trinajstić information content (AvgIpc) is 2.40. The van der Waals surface area contributed by atoms with E-state index in [1.807, 2.05) is 37.3 Å². The van der Waals surface area contributed by atoms with Crippen molar-refractivity contribution in [2.24, 2.45) is 0 Å². The first kappa shape index (κ1) is 13.4. The van der Waals surface area contributed by atoms with Gasteiger partial charge in [-0.05, 0) is 44.0 Å². The minimum absolute atomic E-state index is 0.198. The fourth-order valence-electron chi connectivity index (χ4n) is 1.95. The number of hydrogen-bond donors (Lipinski definition) is 1. The van der Waals surface area contributed by atoms with Crippen LogP contribution in [0.25, 0.3) is 0 Å². The van der Waals surface area contributed by atoms with Gasteiger partial charge in [-0.25, -0.2) is 4.39 Å². The summed E-state index contributed by atoms with van der Waals surface area (Å²) in [6.45, 7) is 5.72. The van der Waals surface area contributed by atoms with E-state index in [2.05, 4.69) is 0 Å². The third kappa shape index (κ3) is 2.70. The highest BCUT2D eigenvalue weighted by molar-refractivity contribution is 5.47. The van der Waals surface area contributed by atoms with Gasteiger partial charge < -0.3 is 10.5 Å². The topological polar surface area (TPSA) is 35.2 Å². The van der Waals surface area contributed by atoms with Crippen molar-refractivity contribution in [1.82, 2.24) is 0 Å². The molecule has 0 fully saturated rings. The number of rotatable bonds is 3. The number of para-hydroxylation sites is 1. The first-order chi connectivity index (χ1) is 9.00. The van der Waals surface area contributed by atoms with E-state index in [0.717, 1.165) is 11.1 Å². The number of benzene rings is 2. The first-order valence-corrected chi connectivity index (χ1v) is 6.23. The number of hydrogen-bond acceptors (Lipinski definition) is 2. The van der Waals surface area contributed by atoms with Crippen molar-refractivity contribution in [1.29, 1.82) is 0 Å². The minimum atomic E-state index is -0.198. The van der Waals surface area contributed by atoms with Gasteiger partial charge in [0.25, 0.3) is 0 Å². The molecule has 2 aromatic carbocycles. The second-order valence-corrected chi connectivity index (χ2v) is 4.74. The van der Waals surface area contributed by atoms with Crippen LogP contribution in [0.3, 0.4) is 0 Å². The average molecular weight is 259 g/mol. The second-order valence-electron chi connectivity index (χ2n) is 4.74. The summed E-state index contributed by atoms with van der Waals surface area (Å²) in [6.07, 6.45) is 0. The molecule has 2 N–H and O–H groups in total. The van der Waals surface area contributed by atoms with E-state index < -0.39 is 0 Å². The maximum atomic E-state index is 14.0. The molecule has 0 bridgehead atoms. The molecule has 3 heteroatoms. The molecule has 0 aliphatic rings. The molecule has 0 saturated carbocycles. The number of nitrogens with two attached hydrogens (primary N) is 1. The fraction of sp³-hybridized carbons (Fsp3) is 0.250. The van der Waals surface area contributed by atoms with E-state index in [0.29, 0.717) is 29.2 Å². The number of aryl methyl sites for hydroxylation is 1.